The molecule has 0 saturated heterocycles. The van der Waals surface area contributed by atoms with E-state index in [-0.39, 0.29) is 0 Å². The molecular formula is C12H21N. The third-order valence-corrected chi connectivity index (χ3v) is 3.45. The van der Waals surface area contributed by atoms with Gasteiger partial charge in [0.1, 0.15) is 0 Å². The van der Waals surface area contributed by atoms with Crippen molar-refractivity contribution in [3.05, 3.63) is 0 Å². The molecule has 1 saturated carbocycles. The second kappa shape index (κ2) is 6.02. The van der Waals surface area contributed by atoms with Gasteiger partial charge in [-0.05, 0) is 18.3 Å². The molecule has 0 N–H and O–H groups in total. The summed E-state index contributed by atoms with van der Waals surface area (Å²) in [5.41, 5.74) is 0. The minimum absolute atomic E-state index is 0.753. The van der Waals surface area contributed by atoms with E-state index in [1.54, 1.807) is 0 Å². The molecule has 1 aliphatic rings. The maximum absolute atomic E-state index is 8.50. The Kier molecular flexibility index (Phi) is 4.90. The van der Waals surface area contributed by atoms with Crippen LogP contribution >= 0.6 is 0 Å². The average Bonchev–Trinajstić information content (AvgIpc) is 2.08. The molecule has 0 radical (unpaired) electrons. The normalized spacial score (nSPS) is 19.1. The first-order valence-electron chi connectivity index (χ1n) is 5.73. The van der Waals surface area contributed by atoms with E-state index in [0.717, 1.165) is 24.7 Å². The lowest BCUT2D eigenvalue weighted by molar-refractivity contribution is 0.264. The van der Waals surface area contributed by atoms with Crippen molar-refractivity contribution in [1.82, 2.24) is 0 Å². The molecule has 0 aromatic heterocycles. The highest BCUT2D eigenvalue weighted by molar-refractivity contribution is 4.74. The Morgan fingerprint density at radius 3 is 2.62 bits per heavy atom. The van der Waals surface area contributed by atoms with Crippen LogP contribution in [0.3, 0.4) is 0 Å². The van der Waals surface area contributed by atoms with Crippen molar-refractivity contribution in [3.63, 3.8) is 0 Å². The fourth-order valence-electron chi connectivity index (χ4n) is 2.07. The van der Waals surface area contributed by atoms with Crippen LogP contribution in [0.4, 0.5) is 0 Å². The number of nitriles is 1. The number of rotatable bonds is 6. The van der Waals surface area contributed by atoms with E-state index in [9.17, 15) is 0 Å². The molecule has 1 fully saturated rings. The van der Waals surface area contributed by atoms with Crippen molar-refractivity contribution in [1.29, 1.82) is 5.26 Å². The zero-order valence-corrected chi connectivity index (χ0v) is 8.76. The zero-order chi connectivity index (χ0) is 9.52. The first-order valence-corrected chi connectivity index (χ1v) is 5.73. The van der Waals surface area contributed by atoms with E-state index in [2.05, 4.69) is 13.0 Å². The summed E-state index contributed by atoms with van der Waals surface area (Å²) < 4.78 is 0. The van der Waals surface area contributed by atoms with E-state index in [4.69, 9.17) is 5.26 Å². The molecule has 0 aromatic rings. The second-order valence-electron chi connectivity index (χ2n) is 4.35. The predicted molar refractivity (Wildman–Crippen MR) is 55.2 cm³/mol. The predicted octanol–water partition coefficient (Wildman–Crippen LogP) is 3.90. The number of nitrogens with zero attached hydrogens (tertiary/aromatic N) is 1. The van der Waals surface area contributed by atoms with Gasteiger partial charge in [0.2, 0.25) is 0 Å². The summed E-state index contributed by atoms with van der Waals surface area (Å²) in [6, 6.07) is 2.25. The Labute approximate surface area is 82.1 Å². The van der Waals surface area contributed by atoms with Crippen LogP contribution in [0.25, 0.3) is 0 Å². The molecule has 1 rings (SSSR count). The van der Waals surface area contributed by atoms with Crippen molar-refractivity contribution < 1.29 is 0 Å². The van der Waals surface area contributed by atoms with Crippen molar-refractivity contribution >= 4 is 0 Å². The van der Waals surface area contributed by atoms with Crippen LogP contribution in [0.2, 0.25) is 0 Å². The topological polar surface area (TPSA) is 23.8 Å². The first kappa shape index (κ1) is 10.6. The summed E-state index contributed by atoms with van der Waals surface area (Å²) in [4.78, 5) is 0. The summed E-state index contributed by atoms with van der Waals surface area (Å²) in [5.74, 6) is 1.86. The number of hydrogen-bond acceptors (Lipinski definition) is 1. The Hall–Kier alpha value is -0.510. The van der Waals surface area contributed by atoms with Gasteiger partial charge in [-0.15, -0.1) is 0 Å². The molecule has 1 unspecified atom stereocenters. The van der Waals surface area contributed by atoms with Crippen LogP contribution in [0, 0.1) is 23.2 Å². The lowest BCUT2D eigenvalue weighted by Crippen LogP contribution is -2.12. The summed E-state index contributed by atoms with van der Waals surface area (Å²) in [7, 11) is 0. The van der Waals surface area contributed by atoms with E-state index < -0.39 is 0 Å². The van der Waals surface area contributed by atoms with Gasteiger partial charge >= 0.3 is 0 Å². The van der Waals surface area contributed by atoms with Gasteiger partial charge in [-0.25, -0.2) is 0 Å². The van der Waals surface area contributed by atoms with E-state index in [0.29, 0.717) is 0 Å². The van der Waals surface area contributed by atoms with Crippen LogP contribution in [0.5, 0.6) is 0 Å². The molecule has 0 aliphatic heterocycles. The first-order chi connectivity index (χ1) is 6.36. The van der Waals surface area contributed by atoms with Gasteiger partial charge < -0.3 is 0 Å². The molecule has 74 valence electrons. The molecule has 1 nitrogen and oxygen atoms in total. The van der Waals surface area contributed by atoms with Gasteiger partial charge in [0.05, 0.1) is 6.07 Å². The molecule has 1 heteroatoms. The monoisotopic (exact) mass is 179 g/mol. The van der Waals surface area contributed by atoms with E-state index >= 15 is 0 Å². The summed E-state index contributed by atoms with van der Waals surface area (Å²) in [6.07, 6.45) is 10.3. The lowest BCUT2D eigenvalue weighted by atomic mass is 9.79. The van der Waals surface area contributed by atoms with Crippen LogP contribution in [-0.2, 0) is 0 Å². The second-order valence-corrected chi connectivity index (χ2v) is 4.35. The zero-order valence-electron chi connectivity index (χ0n) is 8.76. The molecule has 0 heterocycles. The number of hydrogen-bond donors (Lipinski definition) is 0. The van der Waals surface area contributed by atoms with Gasteiger partial charge in [-0.3, -0.25) is 0 Å². The highest BCUT2D eigenvalue weighted by Gasteiger charge is 2.18. The Morgan fingerprint density at radius 1 is 1.38 bits per heavy atom. The highest BCUT2D eigenvalue weighted by Crippen LogP contribution is 2.32. The molecule has 0 amide bonds. The van der Waals surface area contributed by atoms with Crippen molar-refractivity contribution in [2.45, 2.75) is 58.3 Å². The molecule has 0 bridgehead atoms. The highest BCUT2D eigenvalue weighted by atomic mass is 14.3. The third-order valence-electron chi connectivity index (χ3n) is 3.45. The Balaban J connectivity index is 2.04. The molecule has 1 atom stereocenters. The van der Waals surface area contributed by atoms with Gasteiger partial charge in [-0.2, -0.15) is 5.26 Å². The van der Waals surface area contributed by atoms with Gasteiger partial charge in [0.25, 0.3) is 0 Å². The van der Waals surface area contributed by atoms with Crippen LogP contribution in [0.1, 0.15) is 58.3 Å². The standard InChI is InChI=1S/C12H21N/c1-2-11(7-4-10-13)8-9-12-5-3-6-12/h11-12H,2-9H2,1H3. The van der Waals surface area contributed by atoms with Crippen LogP contribution < -0.4 is 0 Å². The average molecular weight is 179 g/mol. The molecular weight excluding hydrogens is 158 g/mol. The maximum atomic E-state index is 8.50. The largest absolute Gasteiger partial charge is 0.198 e. The van der Waals surface area contributed by atoms with Crippen LogP contribution in [0.15, 0.2) is 0 Å². The Bertz CT molecular complexity index is 164. The molecule has 13 heavy (non-hydrogen) atoms. The quantitative estimate of drug-likeness (QED) is 0.606. The fourth-order valence-corrected chi connectivity index (χ4v) is 2.07. The van der Waals surface area contributed by atoms with Gasteiger partial charge in [-0.1, -0.05) is 45.4 Å². The van der Waals surface area contributed by atoms with E-state index in [1.165, 1.54) is 38.5 Å². The van der Waals surface area contributed by atoms with Crippen molar-refractivity contribution in [2.75, 3.05) is 0 Å². The minimum atomic E-state index is 0.753. The van der Waals surface area contributed by atoms with E-state index in [1.807, 2.05) is 0 Å². The summed E-state index contributed by atoms with van der Waals surface area (Å²) in [5, 5.41) is 8.50. The van der Waals surface area contributed by atoms with Crippen LogP contribution in [-0.4, -0.2) is 0 Å². The molecule has 1 aliphatic carbocycles. The smallest absolute Gasteiger partial charge is 0.0621 e. The molecule has 0 aromatic carbocycles. The SMILES string of the molecule is CCC(CCC#N)CCC1CCC1. The van der Waals surface area contributed by atoms with Crippen molar-refractivity contribution in [3.8, 4) is 6.07 Å². The third kappa shape index (κ3) is 3.81. The van der Waals surface area contributed by atoms with Gasteiger partial charge in [0.15, 0.2) is 0 Å². The Morgan fingerprint density at radius 2 is 2.15 bits per heavy atom. The molecule has 0 spiro atoms. The summed E-state index contributed by atoms with van der Waals surface area (Å²) >= 11 is 0. The van der Waals surface area contributed by atoms with Gasteiger partial charge in [0, 0.05) is 6.42 Å². The maximum Gasteiger partial charge on any atom is 0.0621 e. The minimum Gasteiger partial charge on any atom is -0.198 e. The summed E-state index contributed by atoms with van der Waals surface area (Å²) in [6.45, 7) is 2.25. The lowest BCUT2D eigenvalue weighted by Gasteiger charge is -2.26. The van der Waals surface area contributed by atoms with Crippen molar-refractivity contribution in [2.24, 2.45) is 11.8 Å². The fraction of sp³-hybridized carbons (Fsp3) is 0.917.